The van der Waals surface area contributed by atoms with Gasteiger partial charge in [0.15, 0.2) is 0 Å². The van der Waals surface area contributed by atoms with Crippen LogP contribution in [0.2, 0.25) is 0 Å². The van der Waals surface area contributed by atoms with Crippen LogP contribution in [0.5, 0.6) is 0 Å². The van der Waals surface area contributed by atoms with E-state index in [2.05, 4.69) is 56.4 Å². The molecule has 0 amide bonds. The Morgan fingerprint density at radius 3 is 2.64 bits per heavy atom. The minimum Gasteiger partial charge on any atom is -0.398 e. The highest BCUT2D eigenvalue weighted by atomic mass is 14.7. The van der Waals surface area contributed by atoms with Crippen molar-refractivity contribution >= 4 is 11.3 Å². The molecule has 0 spiro atoms. The minimum atomic E-state index is -0.0586. The summed E-state index contributed by atoms with van der Waals surface area (Å²) in [6.45, 7) is 4.63. The molecule has 2 unspecified atom stereocenters. The lowest BCUT2D eigenvalue weighted by molar-refractivity contribution is 0.141. The van der Waals surface area contributed by atoms with Crippen LogP contribution in [-0.4, -0.2) is 6.04 Å². The number of anilines is 1. The zero-order valence-electron chi connectivity index (χ0n) is 13.5. The zero-order chi connectivity index (χ0) is 15.8. The van der Waals surface area contributed by atoms with Crippen LogP contribution in [0.3, 0.4) is 0 Å². The molecule has 116 valence electrons. The van der Waals surface area contributed by atoms with E-state index >= 15 is 0 Å². The number of nitrogens with two attached hydrogens (primary N) is 2. The summed E-state index contributed by atoms with van der Waals surface area (Å²) in [6, 6.07) is 8.22. The number of rotatable bonds is 2. The Labute approximate surface area is 133 Å². The Balaban J connectivity index is 2.04. The van der Waals surface area contributed by atoms with Crippen molar-refractivity contribution in [3.63, 3.8) is 0 Å². The molecule has 0 heterocycles. The van der Waals surface area contributed by atoms with Crippen LogP contribution < -0.4 is 11.5 Å². The van der Waals surface area contributed by atoms with E-state index in [9.17, 15) is 0 Å². The predicted molar refractivity (Wildman–Crippen MR) is 95.2 cm³/mol. The summed E-state index contributed by atoms with van der Waals surface area (Å²) in [4.78, 5) is 0. The molecule has 3 rings (SSSR count). The van der Waals surface area contributed by atoms with E-state index in [-0.39, 0.29) is 16.9 Å². The van der Waals surface area contributed by atoms with Crippen molar-refractivity contribution in [2.75, 3.05) is 5.73 Å². The van der Waals surface area contributed by atoms with Crippen molar-refractivity contribution in [1.82, 2.24) is 0 Å². The maximum atomic E-state index is 6.45. The summed E-state index contributed by atoms with van der Waals surface area (Å²) in [5.41, 5.74) is 16.0. The van der Waals surface area contributed by atoms with Crippen LogP contribution in [0.1, 0.15) is 38.7 Å². The highest BCUT2D eigenvalue weighted by Crippen LogP contribution is 2.52. The fourth-order valence-corrected chi connectivity index (χ4v) is 3.92. The van der Waals surface area contributed by atoms with Crippen molar-refractivity contribution in [1.29, 1.82) is 0 Å². The second-order valence-electron chi connectivity index (χ2n) is 7.08. The summed E-state index contributed by atoms with van der Waals surface area (Å²) < 4.78 is 0. The number of allylic oxidation sites excluding steroid dienone is 4. The lowest BCUT2D eigenvalue weighted by atomic mass is 9.56. The summed E-state index contributed by atoms with van der Waals surface area (Å²) in [6.07, 6.45) is 14.4. The first-order valence-electron chi connectivity index (χ1n) is 8.14. The van der Waals surface area contributed by atoms with E-state index in [0.717, 1.165) is 18.5 Å². The van der Waals surface area contributed by atoms with Gasteiger partial charge in [0.05, 0.1) is 0 Å². The molecule has 0 bridgehead atoms. The van der Waals surface area contributed by atoms with Crippen molar-refractivity contribution in [3.8, 4) is 0 Å². The van der Waals surface area contributed by atoms with Crippen LogP contribution >= 0.6 is 0 Å². The molecule has 0 radical (unpaired) electrons. The Kier molecular flexibility index (Phi) is 3.73. The quantitative estimate of drug-likeness (QED) is 0.799. The van der Waals surface area contributed by atoms with Crippen LogP contribution in [0.25, 0.3) is 5.57 Å². The number of para-hydroxylation sites is 1. The van der Waals surface area contributed by atoms with E-state index in [1.807, 2.05) is 12.1 Å². The number of benzene rings is 1. The summed E-state index contributed by atoms with van der Waals surface area (Å²) in [7, 11) is 0. The van der Waals surface area contributed by atoms with Crippen LogP contribution in [-0.2, 0) is 0 Å². The lowest BCUT2D eigenvalue weighted by Gasteiger charge is -2.49. The Bertz CT molecular complexity index is 655. The standard InChI is InChI=1S/C20H26N2/c1-19(20(2)13-6-5-11-18(20)22)12-7-8-15(14-19)16-9-3-4-10-17(16)21/h3-6,9-11,13-14,18H,7-8,12,21-22H2,1-2H3/t18?,19-,20?/m0/s1. The molecule has 2 nitrogen and oxygen atoms in total. The van der Waals surface area contributed by atoms with Gasteiger partial charge in [-0.05, 0) is 36.3 Å². The lowest BCUT2D eigenvalue weighted by Crippen LogP contribution is -2.49. The molecule has 0 saturated heterocycles. The van der Waals surface area contributed by atoms with E-state index < -0.39 is 0 Å². The Morgan fingerprint density at radius 2 is 1.91 bits per heavy atom. The molecule has 2 heteroatoms. The van der Waals surface area contributed by atoms with Crippen LogP contribution in [0.4, 0.5) is 5.69 Å². The maximum absolute atomic E-state index is 6.45. The first kappa shape index (κ1) is 15.1. The van der Waals surface area contributed by atoms with Gasteiger partial charge in [0.2, 0.25) is 0 Å². The van der Waals surface area contributed by atoms with E-state index in [1.54, 1.807) is 0 Å². The van der Waals surface area contributed by atoms with E-state index in [0.29, 0.717) is 0 Å². The SMILES string of the molecule is CC1([C@]2(C)C=C(c3ccccc3N)CCC2)C=CC=CC1N. The van der Waals surface area contributed by atoms with Gasteiger partial charge in [-0.15, -0.1) is 0 Å². The highest BCUT2D eigenvalue weighted by Gasteiger charge is 2.46. The fraction of sp³-hybridized carbons (Fsp3) is 0.400. The van der Waals surface area contributed by atoms with Crippen molar-refractivity contribution < 1.29 is 0 Å². The molecule has 0 fully saturated rings. The van der Waals surface area contributed by atoms with Gasteiger partial charge in [0.1, 0.15) is 0 Å². The molecule has 22 heavy (non-hydrogen) atoms. The first-order chi connectivity index (χ1) is 10.5. The van der Waals surface area contributed by atoms with Crippen LogP contribution in [0, 0.1) is 10.8 Å². The predicted octanol–water partition coefficient (Wildman–Crippen LogP) is 4.30. The van der Waals surface area contributed by atoms with Gasteiger partial charge >= 0.3 is 0 Å². The van der Waals surface area contributed by atoms with E-state index in [1.165, 1.54) is 17.6 Å². The number of hydrogen-bond donors (Lipinski definition) is 2. The molecule has 1 aromatic carbocycles. The van der Waals surface area contributed by atoms with Crippen molar-refractivity contribution in [3.05, 3.63) is 60.2 Å². The van der Waals surface area contributed by atoms with Gasteiger partial charge in [-0.3, -0.25) is 0 Å². The smallest absolute Gasteiger partial charge is 0.0390 e. The fourth-order valence-electron chi connectivity index (χ4n) is 3.92. The first-order valence-corrected chi connectivity index (χ1v) is 8.14. The van der Waals surface area contributed by atoms with Crippen LogP contribution in [0.15, 0.2) is 54.6 Å². The largest absolute Gasteiger partial charge is 0.398 e. The topological polar surface area (TPSA) is 52.0 Å². The normalized spacial score (nSPS) is 34.5. The van der Waals surface area contributed by atoms with Gasteiger partial charge < -0.3 is 11.5 Å². The average molecular weight is 294 g/mol. The third-order valence-corrected chi connectivity index (χ3v) is 5.74. The summed E-state index contributed by atoms with van der Waals surface area (Å²) >= 11 is 0. The molecule has 0 saturated carbocycles. The summed E-state index contributed by atoms with van der Waals surface area (Å²) in [5.74, 6) is 0. The molecule has 2 aliphatic rings. The van der Waals surface area contributed by atoms with Gasteiger partial charge in [0, 0.05) is 22.7 Å². The minimum absolute atomic E-state index is 0.0452. The zero-order valence-corrected chi connectivity index (χ0v) is 13.5. The van der Waals surface area contributed by atoms with Gasteiger partial charge in [-0.1, -0.05) is 62.4 Å². The Morgan fingerprint density at radius 1 is 1.14 bits per heavy atom. The van der Waals surface area contributed by atoms with Crippen molar-refractivity contribution in [2.45, 2.75) is 39.2 Å². The summed E-state index contributed by atoms with van der Waals surface area (Å²) in [5, 5.41) is 0. The third kappa shape index (κ3) is 2.32. The van der Waals surface area contributed by atoms with Gasteiger partial charge in [-0.2, -0.15) is 0 Å². The number of nitrogen functional groups attached to an aromatic ring is 1. The molecule has 1 aromatic rings. The molecule has 3 atom stereocenters. The van der Waals surface area contributed by atoms with Gasteiger partial charge in [0.25, 0.3) is 0 Å². The highest BCUT2D eigenvalue weighted by molar-refractivity contribution is 5.76. The Hall–Kier alpha value is -1.80. The molecular formula is C20H26N2. The molecule has 0 aliphatic heterocycles. The maximum Gasteiger partial charge on any atom is 0.0390 e. The van der Waals surface area contributed by atoms with E-state index in [4.69, 9.17) is 11.5 Å². The second-order valence-corrected chi connectivity index (χ2v) is 7.08. The molecular weight excluding hydrogens is 268 g/mol. The molecule has 2 aliphatic carbocycles. The second kappa shape index (κ2) is 5.44. The molecule has 4 N–H and O–H groups in total. The average Bonchev–Trinajstić information content (AvgIpc) is 2.51. The third-order valence-electron chi connectivity index (χ3n) is 5.74. The molecule has 0 aromatic heterocycles. The van der Waals surface area contributed by atoms with Gasteiger partial charge in [-0.25, -0.2) is 0 Å². The van der Waals surface area contributed by atoms with Crippen molar-refractivity contribution in [2.24, 2.45) is 16.6 Å². The number of hydrogen-bond acceptors (Lipinski definition) is 2. The monoisotopic (exact) mass is 294 g/mol.